The molecule has 1 heterocycles. The Morgan fingerprint density at radius 3 is 2.95 bits per heavy atom. The van der Waals surface area contributed by atoms with E-state index in [1.807, 2.05) is 0 Å². The van der Waals surface area contributed by atoms with Crippen LogP contribution in [0, 0.1) is 6.92 Å². The number of aryl methyl sites for hydroxylation is 1. The predicted octanol–water partition coefficient (Wildman–Crippen LogP) is 1.78. The number of tetrazole rings is 1. The Hall–Kier alpha value is -2.21. The summed E-state index contributed by atoms with van der Waals surface area (Å²) in [6.07, 6.45) is 2.59. The number of rotatable bonds is 4. The number of hydrogen-bond donors (Lipinski definition) is 1. The second-order valence-electron chi connectivity index (χ2n) is 3.88. The number of carboxylic acids is 1. The Kier molecular flexibility index (Phi) is 3.91. The summed E-state index contributed by atoms with van der Waals surface area (Å²) in [6.45, 7) is 2.12. The molecule has 0 bridgehead atoms. The molecular weight excluding hydrogens is 268 g/mol. The molecule has 0 fully saturated rings. The van der Waals surface area contributed by atoms with Crippen LogP contribution in [0.4, 0.5) is 0 Å². The molecule has 0 radical (unpaired) electrons. The molecule has 0 spiro atoms. The molecule has 0 aliphatic rings. The molecule has 7 heteroatoms. The van der Waals surface area contributed by atoms with Crippen molar-refractivity contribution in [2.45, 2.75) is 13.5 Å². The van der Waals surface area contributed by atoms with Crippen molar-refractivity contribution in [3.63, 3.8) is 0 Å². The van der Waals surface area contributed by atoms with Crippen LogP contribution in [-0.4, -0.2) is 31.3 Å². The minimum atomic E-state index is -1.00. The summed E-state index contributed by atoms with van der Waals surface area (Å²) in [6, 6.07) is 5.20. The molecule has 0 unspecified atom stereocenters. The van der Waals surface area contributed by atoms with Gasteiger partial charge in [0.25, 0.3) is 0 Å². The summed E-state index contributed by atoms with van der Waals surface area (Å²) in [5.74, 6) is -0.430. The second-order valence-corrected chi connectivity index (χ2v) is 4.32. The van der Waals surface area contributed by atoms with Crippen molar-refractivity contribution >= 4 is 23.6 Å². The second kappa shape index (κ2) is 5.62. The zero-order valence-corrected chi connectivity index (χ0v) is 10.9. The Bertz CT molecular complexity index is 636. The summed E-state index contributed by atoms with van der Waals surface area (Å²) in [5.41, 5.74) is 1.57. The number of benzene rings is 1. The third kappa shape index (κ3) is 3.62. The van der Waals surface area contributed by atoms with Crippen molar-refractivity contribution in [1.82, 2.24) is 20.2 Å². The van der Waals surface area contributed by atoms with Crippen LogP contribution in [0.2, 0.25) is 5.02 Å². The van der Waals surface area contributed by atoms with Gasteiger partial charge in [0.15, 0.2) is 5.82 Å². The lowest BCUT2D eigenvalue weighted by molar-refractivity contribution is -0.131. The van der Waals surface area contributed by atoms with Crippen molar-refractivity contribution in [3.05, 3.63) is 46.2 Å². The van der Waals surface area contributed by atoms with Gasteiger partial charge in [-0.1, -0.05) is 17.7 Å². The fourth-order valence-electron chi connectivity index (χ4n) is 1.58. The van der Waals surface area contributed by atoms with Gasteiger partial charge in [-0.05, 0) is 41.5 Å². The van der Waals surface area contributed by atoms with Crippen LogP contribution in [0.15, 0.2) is 24.3 Å². The molecule has 2 aromatic rings. The van der Waals surface area contributed by atoms with Crippen LogP contribution in [0.25, 0.3) is 6.08 Å². The molecule has 0 saturated carbocycles. The van der Waals surface area contributed by atoms with Gasteiger partial charge in [-0.3, -0.25) is 0 Å². The highest BCUT2D eigenvalue weighted by Gasteiger charge is 2.05. The first-order valence-corrected chi connectivity index (χ1v) is 5.86. The van der Waals surface area contributed by atoms with E-state index >= 15 is 0 Å². The molecule has 6 nitrogen and oxygen atoms in total. The Balaban J connectivity index is 2.31. The van der Waals surface area contributed by atoms with Crippen LogP contribution in [0.5, 0.6) is 0 Å². The van der Waals surface area contributed by atoms with E-state index in [1.54, 1.807) is 25.1 Å². The molecule has 0 aliphatic carbocycles. The molecule has 2 rings (SSSR count). The molecule has 0 atom stereocenters. The highest BCUT2D eigenvalue weighted by molar-refractivity contribution is 6.30. The summed E-state index contributed by atoms with van der Waals surface area (Å²) < 4.78 is 0. The first-order valence-electron chi connectivity index (χ1n) is 5.48. The minimum Gasteiger partial charge on any atom is -0.478 e. The molecule has 1 aromatic carbocycles. The van der Waals surface area contributed by atoms with Gasteiger partial charge in [0.1, 0.15) is 0 Å². The van der Waals surface area contributed by atoms with Gasteiger partial charge in [-0.2, -0.15) is 4.80 Å². The van der Waals surface area contributed by atoms with Gasteiger partial charge in [0, 0.05) is 11.1 Å². The largest absolute Gasteiger partial charge is 0.478 e. The molecule has 0 aliphatic heterocycles. The van der Waals surface area contributed by atoms with E-state index in [1.165, 1.54) is 10.9 Å². The van der Waals surface area contributed by atoms with Crippen LogP contribution in [0.1, 0.15) is 17.0 Å². The lowest BCUT2D eigenvalue weighted by atomic mass is 10.1. The van der Waals surface area contributed by atoms with Gasteiger partial charge >= 0.3 is 5.97 Å². The summed E-state index contributed by atoms with van der Waals surface area (Å²) in [4.78, 5) is 12.0. The molecule has 0 amide bonds. The van der Waals surface area contributed by atoms with Crippen molar-refractivity contribution in [2.75, 3.05) is 0 Å². The Labute approximate surface area is 114 Å². The highest BCUT2D eigenvalue weighted by Crippen LogP contribution is 2.18. The first kappa shape index (κ1) is 13.2. The predicted molar refractivity (Wildman–Crippen MR) is 69.8 cm³/mol. The maximum atomic E-state index is 10.6. The minimum absolute atomic E-state index is 0.376. The van der Waals surface area contributed by atoms with Crippen molar-refractivity contribution in [2.24, 2.45) is 0 Å². The van der Waals surface area contributed by atoms with Gasteiger partial charge < -0.3 is 5.11 Å². The quantitative estimate of drug-likeness (QED) is 0.862. The first-order chi connectivity index (χ1) is 9.04. The standard InChI is InChI=1S/C12H11ClN4O2/c1-8-14-16-17(15-8)7-10-6-11(13)4-2-9(10)3-5-12(18)19/h2-6H,7H2,1H3,(H,18,19). The van der Waals surface area contributed by atoms with E-state index in [0.29, 0.717) is 17.4 Å². The molecule has 1 aromatic heterocycles. The average molecular weight is 279 g/mol. The lowest BCUT2D eigenvalue weighted by Gasteiger charge is -2.05. The van der Waals surface area contributed by atoms with Crippen molar-refractivity contribution in [1.29, 1.82) is 0 Å². The van der Waals surface area contributed by atoms with E-state index in [-0.39, 0.29) is 0 Å². The molecular formula is C12H11ClN4O2. The Morgan fingerprint density at radius 1 is 1.53 bits per heavy atom. The van der Waals surface area contributed by atoms with Gasteiger partial charge in [0.2, 0.25) is 0 Å². The Morgan fingerprint density at radius 2 is 2.32 bits per heavy atom. The van der Waals surface area contributed by atoms with Crippen LogP contribution < -0.4 is 0 Å². The van der Waals surface area contributed by atoms with E-state index in [4.69, 9.17) is 16.7 Å². The summed E-state index contributed by atoms with van der Waals surface area (Å²) >= 11 is 5.94. The van der Waals surface area contributed by atoms with Crippen LogP contribution >= 0.6 is 11.6 Å². The van der Waals surface area contributed by atoms with Gasteiger partial charge in [0.05, 0.1) is 6.54 Å². The number of carbonyl (C=O) groups is 1. The van der Waals surface area contributed by atoms with E-state index < -0.39 is 5.97 Å². The SMILES string of the molecule is Cc1nnn(Cc2cc(Cl)ccc2C=CC(=O)O)n1. The highest BCUT2D eigenvalue weighted by atomic mass is 35.5. The molecule has 98 valence electrons. The monoisotopic (exact) mass is 278 g/mol. The van der Waals surface area contributed by atoms with E-state index in [9.17, 15) is 4.79 Å². The normalized spacial score (nSPS) is 11.1. The molecule has 1 N–H and O–H groups in total. The average Bonchev–Trinajstić information content (AvgIpc) is 2.73. The number of aliphatic carboxylic acids is 1. The smallest absolute Gasteiger partial charge is 0.328 e. The molecule has 19 heavy (non-hydrogen) atoms. The maximum absolute atomic E-state index is 10.6. The number of halogens is 1. The third-order valence-corrected chi connectivity index (χ3v) is 2.61. The zero-order valence-electron chi connectivity index (χ0n) is 10.1. The number of nitrogens with zero attached hydrogens (tertiary/aromatic N) is 4. The van der Waals surface area contributed by atoms with Gasteiger partial charge in [-0.15, -0.1) is 10.2 Å². The lowest BCUT2D eigenvalue weighted by Crippen LogP contribution is -2.05. The van der Waals surface area contributed by atoms with Crippen LogP contribution in [0.3, 0.4) is 0 Å². The fraction of sp³-hybridized carbons (Fsp3) is 0.167. The zero-order chi connectivity index (χ0) is 13.8. The summed E-state index contributed by atoms with van der Waals surface area (Å²) in [5, 5.41) is 21.0. The fourth-order valence-corrected chi connectivity index (χ4v) is 1.77. The maximum Gasteiger partial charge on any atom is 0.328 e. The number of hydrogen-bond acceptors (Lipinski definition) is 4. The summed E-state index contributed by atoms with van der Waals surface area (Å²) in [7, 11) is 0. The third-order valence-electron chi connectivity index (χ3n) is 2.38. The van der Waals surface area contributed by atoms with Crippen molar-refractivity contribution in [3.8, 4) is 0 Å². The number of carboxylic acid groups (broad SMARTS) is 1. The van der Waals surface area contributed by atoms with Crippen molar-refractivity contribution < 1.29 is 9.90 Å². The van der Waals surface area contributed by atoms with E-state index in [0.717, 1.165) is 17.2 Å². The van der Waals surface area contributed by atoms with Gasteiger partial charge in [-0.25, -0.2) is 4.79 Å². The van der Waals surface area contributed by atoms with E-state index in [2.05, 4.69) is 15.4 Å². The topological polar surface area (TPSA) is 80.9 Å². The molecule has 0 saturated heterocycles. The number of aromatic nitrogens is 4. The van der Waals surface area contributed by atoms with Crippen LogP contribution in [-0.2, 0) is 11.3 Å².